The highest BCUT2D eigenvalue weighted by Gasteiger charge is 2.34. The zero-order valence-electron chi connectivity index (χ0n) is 12.5. The lowest BCUT2D eigenvalue weighted by atomic mass is 9.93. The second-order valence-corrected chi connectivity index (χ2v) is 5.30. The van der Waals surface area contributed by atoms with Gasteiger partial charge in [-0.25, -0.2) is 4.68 Å². The van der Waals surface area contributed by atoms with E-state index < -0.39 is 11.8 Å². The minimum atomic E-state index is -0.433. The Kier molecular flexibility index (Phi) is 3.24. The van der Waals surface area contributed by atoms with Gasteiger partial charge in [-0.3, -0.25) is 9.59 Å². The van der Waals surface area contributed by atoms with Gasteiger partial charge in [0.25, 0.3) is 11.8 Å². The van der Waals surface area contributed by atoms with Crippen LogP contribution in [-0.4, -0.2) is 44.9 Å². The summed E-state index contributed by atoms with van der Waals surface area (Å²) in [5.41, 5.74) is 1.63. The van der Waals surface area contributed by atoms with Crippen LogP contribution in [0, 0.1) is 0 Å². The van der Waals surface area contributed by atoms with E-state index in [4.69, 9.17) is 5.11 Å². The molecule has 2 heterocycles. The zero-order valence-corrected chi connectivity index (χ0v) is 12.5. The van der Waals surface area contributed by atoms with Gasteiger partial charge in [0, 0.05) is 23.0 Å². The third kappa shape index (κ3) is 1.97. The van der Waals surface area contributed by atoms with E-state index >= 15 is 0 Å². The van der Waals surface area contributed by atoms with Crippen LogP contribution in [0.25, 0.3) is 10.8 Å². The Balaban J connectivity index is 1.93. The van der Waals surface area contributed by atoms with E-state index in [1.165, 1.54) is 17.3 Å². The summed E-state index contributed by atoms with van der Waals surface area (Å²) in [6, 6.07) is 8.75. The molecule has 8 heteroatoms. The van der Waals surface area contributed by atoms with Crippen LogP contribution in [0.15, 0.2) is 43.0 Å². The maximum absolute atomic E-state index is 12.8. The third-order valence-corrected chi connectivity index (χ3v) is 3.95. The van der Waals surface area contributed by atoms with Crippen LogP contribution in [0.2, 0.25) is 0 Å². The van der Waals surface area contributed by atoms with Crippen LogP contribution < -0.4 is 10.3 Å². The van der Waals surface area contributed by atoms with Gasteiger partial charge >= 0.3 is 0 Å². The van der Waals surface area contributed by atoms with Crippen LogP contribution >= 0.6 is 0 Å². The molecule has 4 rings (SSSR count). The van der Waals surface area contributed by atoms with Gasteiger partial charge in [-0.2, -0.15) is 5.01 Å². The molecule has 0 unspecified atom stereocenters. The number of aromatic nitrogens is 3. The fourth-order valence-electron chi connectivity index (χ4n) is 2.94. The lowest BCUT2D eigenvalue weighted by molar-refractivity contribution is 0.0852. The molecule has 1 aliphatic heterocycles. The molecule has 2 amide bonds. The number of imide groups is 1. The highest BCUT2D eigenvalue weighted by Crippen LogP contribution is 2.33. The summed E-state index contributed by atoms with van der Waals surface area (Å²) in [5.74, 6) is -0.866. The molecule has 0 saturated carbocycles. The molecule has 1 aliphatic rings. The van der Waals surface area contributed by atoms with Crippen molar-refractivity contribution in [1.82, 2.24) is 14.9 Å². The van der Waals surface area contributed by atoms with Crippen molar-refractivity contribution in [3.05, 3.63) is 54.1 Å². The van der Waals surface area contributed by atoms with Crippen molar-refractivity contribution in [3.63, 3.8) is 0 Å². The number of nitrogens with zero attached hydrogens (tertiary/aromatic N) is 4. The topological polar surface area (TPSA) is 100 Å². The maximum Gasteiger partial charge on any atom is 0.280 e. The lowest BCUT2D eigenvalue weighted by Crippen LogP contribution is -2.47. The van der Waals surface area contributed by atoms with Gasteiger partial charge in [-0.1, -0.05) is 12.1 Å². The van der Waals surface area contributed by atoms with Gasteiger partial charge in [0.05, 0.1) is 17.7 Å². The van der Waals surface area contributed by atoms with E-state index in [2.05, 4.69) is 15.5 Å². The second-order valence-electron chi connectivity index (χ2n) is 5.30. The quantitative estimate of drug-likeness (QED) is 0.688. The van der Waals surface area contributed by atoms with Crippen LogP contribution in [0.5, 0.6) is 0 Å². The molecule has 3 aromatic rings. The van der Waals surface area contributed by atoms with Crippen molar-refractivity contribution in [2.45, 2.75) is 0 Å². The van der Waals surface area contributed by atoms with Gasteiger partial charge in [-0.15, -0.1) is 10.2 Å². The van der Waals surface area contributed by atoms with Crippen LogP contribution in [0.3, 0.4) is 0 Å². The first kappa shape index (κ1) is 14.3. The minimum Gasteiger partial charge on any atom is -0.395 e. The average Bonchev–Trinajstić information content (AvgIpc) is 3.12. The smallest absolute Gasteiger partial charge is 0.280 e. The van der Waals surface area contributed by atoms with Crippen molar-refractivity contribution in [1.29, 1.82) is 0 Å². The van der Waals surface area contributed by atoms with Gasteiger partial charge in [0.2, 0.25) is 0 Å². The van der Waals surface area contributed by atoms with Crippen molar-refractivity contribution in [2.75, 3.05) is 23.5 Å². The fraction of sp³-hybridized carbons (Fsp3) is 0.125. The van der Waals surface area contributed by atoms with Gasteiger partial charge < -0.3 is 10.4 Å². The summed E-state index contributed by atoms with van der Waals surface area (Å²) in [7, 11) is 0. The molecule has 0 atom stereocenters. The third-order valence-electron chi connectivity index (χ3n) is 3.95. The number of aliphatic hydroxyl groups excluding tert-OH is 1. The molecule has 0 aliphatic carbocycles. The van der Waals surface area contributed by atoms with E-state index in [0.29, 0.717) is 23.1 Å². The SMILES string of the molecule is O=C1c2cccc3c(NCCO)ccc(c23)C(=O)N1n1cnnc1. The Hall–Kier alpha value is -3.26. The van der Waals surface area contributed by atoms with E-state index in [0.717, 1.165) is 16.1 Å². The molecule has 2 aromatic carbocycles. The van der Waals surface area contributed by atoms with E-state index in [1.807, 2.05) is 6.07 Å². The molecule has 120 valence electrons. The number of aliphatic hydroxyl groups is 1. The monoisotopic (exact) mass is 323 g/mol. The first-order valence-electron chi connectivity index (χ1n) is 7.36. The number of rotatable bonds is 4. The Morgan fingerprint density at radius 1 is 1.00 bits per heavy atom. The highest BCUT2D eigenvalue weighted by molar-refractivity contribution is 6.33. The Morgan fingerprint density at radius 2 is 1.71 bits per heavy atom. The predicted molar refractivity (Wildman–Crippen MR) is 86.4 cm³/mol. The molecule has 0 saturated heterocycles. The normalized spacial score (nSPS) is 13.6. The summed E-state index contributed by atoms with van der Waals surface area (Å²) >= 11 is 0. The maximum atomic E-state index is 12.8. The summed E-state index contributed by atoms with van der Waals surface area (Å²) in [4.78, 5) is 25.6. The molecule has 1 aromatic heterocycles. The highest BCUT2D eigenvalue weighted by atomic mass is 16.3. The Morgan fingerprint density at radius 3 is 2.42 bits per heavy atom. The average molecular weight is 323 g/mol. The predicted octanol–water partition coefficient (Wildman–Crippen LogP) is 0.768. The number of carbonyl (C=O) groups is 2. The Bertz CT molecular complexity index is 930. The molecule has 8 nitrogen and oxygen atoms in total. The number of anilines is 1. The molecule has 0 fully saturated rings. The first-order chi connectivity index (χ1) is 11.7. The standard InChI is InChI=1S/C16H13N5O3/c22-7-6-17-13-5-4-12-14-10(13)2-1-3-11(14)15(23)21(16(12)24)20-8-18-19-9-20/h1-5,8-9,17,22H,6-7H2. The van der Waals surface area contributed by atoms with Crippen LogP contribution in [-0.2, 0) is 0 Å². The second kappa shape index (κ2) is 5.43. The van der Waals surface area contributed by atoms with Crippen molar-refractivity contribution in [2.24, 2.45) is 0 Å². The number of nitrogens with one attached hydrogen (secondary N) is 1. The van der Waals surface area contributed by atoms with E-state index in [1.54, 1.807) is 24.3 Å². The van der Waals surface area contributed by atoms with Crippen LogP contribution in [0.4, 0.5) is 5.69 Å². The summed E-state index contributed by atoms with van der Waals surface area (Å²) in [6.07, 6.45) is 2.61. The number of carbonyl (C=O) groups excluding carboxylic acids is 2. The molecular formula is C16H13N5O3. The molecule has 0 bridgehead atoms. The first-order valence-corrected chi connectivity index (χ1v) is 7.36. The summed E-state index contributed by atoms with van der Waals surface area (Å²) in [5, 5.41) is 21.8. The summed E-state index contributed by atoms with van der Waals surface area (Å²) < 4.78 is 1.27. The van der Waals surface area contributed by atoms with E-state index in [-0.39, 0.29) is 6.61 Å². The Labute approximate surface area is 136 Å². The van der Waals surface area contributed by atoms with Gasteiger partial charge in [0.1, 0.15) is 12.7 Å². The zero-order chi connectivity index (χ0) is 16.7. The number of hydrogen-bond donors (Lipinski definition) is 2. The number of hydrogen-bond acceptors (Lipinski definition) is 6. The number of amides is 2. The molecule has 0 radical (unpaired) electrons. The molecule has 2 N–H and O–H groups in total. The lowest BCUT2D eigenvalue weighted by Gasteiger charge is -2.27. The van der Waals surface area contributed by atoms with E-state index in [9.17, 15) is 9.59 Å². The van der Waals surface area contributed by atoms with Crippen molar-refractivity contribution >= 4 is 28.3 Å². The molecule has 0 spiro atoms. The largest absolute Gasteiger partial charge is 0.395 e. The minimum absolute atomic E-state index is 0.0117. The van der Waals surface area contributed by atoms with Gasteiger partial charge in [0.15, 0.2) is 0 Å². The molecule has 24 heavy (non-hydrogen) atoms. The summed E-state index contributed by atoms with van der Waals surface area (Å²) in [6.45, 7) is 0.371. The van der Waals surface area contributed by atoms with Crippen LogP contribution in [0.1, 0.15) is 20.7 Å². The number of benzene rings is 2. The fourth-order valence-corrected chi connectivity index (χ4v) is 2.94. The molecular weight excluding hydrogens is 310 g/mol. The van der Waals surface area contributed by atoms with Crippen molar-refractivity contribution < 1.29 is 14.7 Å². The van der Waals surface area contributed by atoms with Gasteiger partial charge in [-0.05, 0) is 18.2 Å². The van der Waals surface area contributed by atoms with Crippen molar-refractivity contribution in [3.8, 4) is 0 Å².